The lowest BCUT2D eigenvalue weighted by atomic mass is 10.1. The van der Waals surface area contributed by atoms with Gasteiger partial charge in [-0.2, -0.15) is 0 Å². The molecule has 20 heavy (non-hydrogen) atoms. The highest BCUT2D eigenvalue weighted by atomic mass is 35.5. The number of nitrogens with two attached hydrogens (primary N) is 1. The molecule has 2 N–H and O–H groups in total. The fourth-order valence-electron chi connectivity index (χ4n) is 2.28. The van der Waals surface area contributed by atoms with Crippen molar-refractivity contribution in [2.45, 2.75) is 32.1 Å². The van der Waals surface area contributed by atoms with Crippen molar-refractivity contribution in [3.05, 3.63) is 35.6 Å². The molecule has 1 aliphatic rings. The summed E-state index contributed by atoms with van der Waals surface area (Å²) in [4.78, 5) is 13.7. The van der Waals surface area contributed by atoms with Crippen LogP contribution in [0.15, 0.2) is 24.3 Å². The molecule has 0 spiro atoms. The van der Waals surface area contributed by atoms with Crippen LogP contribution >= 0.6 is 12.4 Å². The van der Waals surface area contributed by atoms with E-state index in [0.29, 0.717) is 13.1 Å². The molecule has 0 aromatic heterocycles. The van der Waals surface area contributed by atoms with E-state index in [2.05, 4.69) is 0 Å². The number of carbonyl (C=O) groups excluding carboxylic acids is 1. The smallest absolute Gasteiger partial charge is 0.239 e. The predicted molar refractivity (Wildman–Crippen MR) is 77.2 cm³/mol. The maximum atomic E-state index is 12.9. The highest BCUT2D eigenvalue weighted by molar-refractivity contribution is 5.85. The number of hydrogen-bond donors (Lipinski definition) is 1. The standard InChI is InChI=1S/C14H19FN2O2.ClH/c1-9-7-17(14(18)10(2)16)8-13(19-9)11-3-5-12(15)6-4-11;/h3-6,9-10,13H,7-8,16H2,1-2H3;1H/t9?,10-,13?;/m0./s1. The summed E-state index contributed by atoms with van der Waals surface area (Å²) in [5.41, 5.74) is 6.51. The van der Waals surface area contributed by atoms with Crippen LogP contribution in [0.3, 0.4) is 0 Å². The Bertz CT molecular complexity index is 453. The van der Waals surface area contributed by atoms with Gasteiger partial charge in [-0.25, -0.2) is 4.39 Å². The molecular formula is C14H20ClFN2O2. The predicted octanol–water partition coefficient (Wildman–Crippen LogP) is 1.88. The Morgan fingerprint density at radius 1 is 1.40 bits per heavy atom. The van der Waals surface area contributed by atoms with E-state index in [0.717, 1.165) is 5.56 Å². The first-order valence-electron chi connectivity index (χ1n) is 6.42. The van der Waals surface area contributed by atoms with Crippen molar-refractivity contribution in [2.75, 3.05) is 13.1 Å². The molecule has 1 aromatic rings. The second kappa shape index (κ2) is 7.02. The largest absolute Gasteiger partial charge is 0.367 e. The van der Waals surface area contributed by atoms with Crippen molar-refractivity contribution in [1.29, 1.82) is 0 Å². The highest BCUT2D eigenvalue weighted by Gasteiger charge is 2.30. The SMILES string of the molecule is CC1CN(C(=O)[C@H](C)N)CC(c2ccc(F)cc2)O1.Cl. The number of amides is 1. The number of halogens is 2. The highest BCUT2D eigenvalue weighted by Crippen LogP contribution is 2.25. The molecule has 112 valence electrons. The van der Waals surface area contributed by atoms with Crippen LogP contribution in [-0.4, -0.2) is 36.0 Å². The number of benzene rings is 1. The minimum absolute atomic E-state index is 0. The molecule has 0 aliphatic carbocycles. The van der Waals surface area contributed by atoms with E-state index in [9.17, 15) is 9.18 Å². The van der Waals surface area contributed by atoms with Crippen LogP contribution in [0.5, 0.6) is 0 Å². The summed E-state index contributed by atoms with van der Waals surface area (Å²) in [5, 5.41) is 0. The molecule has 2 rings (SSSR count). The zero-order valence-corrected chi connectivity index (χ0v) is 12.4. The number of rotatable bonds is 2. The number of ether oxygens (including phenoxy) is 1. The second-order valence-corrected chi connectivity index (χ2v) is 5.02. The fourth-order valence-corrected chi connectivity index (χ4v) is 2.28. The maximum Gasteiger partial charge on any atom is 0.239 e. The van der Waals surface area contributed by atoms with Gasteiger partial charge in [0.05, 0.1) is 18.7 Å². The lowest BCUT2D eigenvalue weighted by Gasteiger charge is -2.37. The third kappa shape index (κ3) is 3.91. The van der Waals surface area contributed by atoms with Crippen LogP contribution in [0.25, 0.3) is 0 Å². The first-order valence-corrected chi connectivity index (χ1v) is 6.42. The Morgan fingerprint density at radius 2 is 2.00 bits per heavy atom. The van der Waals surface area contributed by atoms with Gasteiger partial charge in [-0.1, -0.05) is 12.1 Å². The molecule has 1 saturated heterocycles. The minimum Gasteiger partial charge on any atom is -0.367 e. The average Bonchev–Trinajstić information content (AvgIpc) is 2.37. The number of morpholine rings is 1. The zero-order chi connectivity index (χ0) is 14.0. The first-order chi connectivity index (χ1) is 8.97. The van der Waals surface area contributed by atoms with Crippen molar-refractivity contribution in [3.8, 4) is 0 Å². The molecule has 1 amide bonds. The summed E-state index contributed by atoms with van der Waals surface area (Å²) < 4.78 is 18.7. The third-order valence-electron chi connectivity index (χ3n) is 3.20. The summed E-state index contributed by atoms with van der Waals surface area (Å²) in [6.45, 7) is 4.58. The van der Waals surface area contributed by atoms with Gasteiger partial charge in [0.15, 0.2) is 0 Å². The number of hydrogen-bond acceptors (Lipinski definition) is 3. The van der Waals surface area contributed by atoms with Gasteiger partial charge >= 0.3 is 0 Å². The molecular weight excluding hydrogens is 283 g/mol. The molecule has 2 unspecified atom stereocenters. The van der Waals surface area contributed by atoms with E-state index in [-0.39, 0.29) is 36.3 Å². The summed E-state index contributed by atoms with van der Waals surface area (Å²) in [6, 6.07) is 5.66. The van der Waals surface area contributed by atoms with E-state index in [1.807, 2.05) is 6.92 Å². The van der Waals surface area contributed by atoms with Crippen LogP contribution in [0.1, 0.15) is 25.5 Å². The van der Waals surface area contributed by atoms with Crippen LogP contribution in [-0.2, 0) is 9.53 Å². The van der Waals surface area contributed by atoms with Gasteiger partial charge in [0.25, 0.3) is 0 Å². The summed E-state index contributed by atoms with van der Waals surface area (Å²) >= 11 is 0. The Kier molecular flexibility index (Phi) is 5.92. The van der Waals surface area contributed by atoms with Crippen molar-refractivity contribution >= 4 is 18.3 Å². The molecule has 0 radical (unpaired) electrons. The molecule has 1 aromatic carbocycles. The van der Waals surface area contributed by atoms with Crippen LogP contribution in [0.2, 0.25) is 0 Å². The van der Waals surface area contributed by atoms with E-state index in [1.54, 1.807) is 24.0 Å². The molecule has 1 fully saturated rings. The maximum absolute atomic E-state index is 12.9. The van der Waals surface area contributed by atoms with E-state index >= 15 is 0 Å². The van der Waals surface area contributed by atoms with Crippen molar-refractivity contribution in [1.82, 2.24) is 4.90 Å². The van der Waals surface area contributed by atoms with Gasteiger partial charge in [0, 0.05) is 6.54 Å². The van der Waals surface area contributed by atoms with Crippen LogP contribution in [0, 0.1) is 5.82 Å². The molecule has 1 heterocycles. The van der Waals surface area contributed by atoms with Crippen LogP contribution < -0.4 is 5.73 Å². The lowest BCUT2D eigenvalue weighted by Crippen LogP contribution is -2.50. The molecule has 6 heteroatoms. The van der Waals surface area contributed by atoms with E-state index in [4.69, 9.17) is 10.5 Å². The Balaban J connectivity index is 0.00000200. The van der Waals surface area contributed by atoms with Gasteiger partial charge in [0.2, 0.25) is 5.91 Å². The van der Waals surface area contributed by atoms with Crippen molar-refractivity contribution in [2.24, 2.45) is 5.73 Å². The topological polar surface area (TPSA) is 55.6 Å². The van der Waals surface area contributed by atoms with Gasteiger partial charge in [-0.15, -0.1) is 12.4 Å². The molecule has 4 nitrogen and oxygen atoms in total. The lowest BCUT2D eigenvalue weighted by molar-refractivity contribution is -0.145. The second-order valence-electron chi connectivity index (χ2n) is 5.02. The number of carbonyl (C=O) groups is 1. The molecule has 1 aliphatic heterocycles. The Hall–Kier alpha value is -1.17. The quantitative estimate of drug-likeness (QED) is 0.907. The average molecular weight is 303 g/mol. The first kappa shape index (κ1) is 16.9. The summed E-state index contributed by atoms with van der Waals surface area (Å²) in [6.07, 6.45) is -0.293. The van der Waals surface area contributed by atoms with E-state index < -0.39 is 6.04 Å². The van der Waals surface area contributed by atoms with Crippen molar-refractivity contribution < 1.29 is 13.9 Å². The van der Waals surface area contributed by atoms with E-state index in [1.165, 1.54) is 12.1 Å². The van der Waals surface area contributed by atoms with Crippen molar-refractivity contribution in [3.63, 3.8) is 0 Å². The zero-order valence-electron chi connectivity index (χ0n) is 11.6. The third-order valence-corrected chi connectivity index (χ3v) is 3.20. The molecule has 3 atom stereocenters. The monoisotopic (exact) mass is 302 g/mol. The van der Waals surface area contributed by atoms with Gasteiger partial charge in [-0.3, -0.25) is 4.79 Å². The summed E-state index contributed by atoms with van der Waals surface area (Å²) in [5.74, 6) is -0.363. The van der Waals surface area contributed by atoms with Gasteiger partial charge in [-0.05, 0) is 31.5 Å². The van der Waals surface area contributed by atoms with Gasteiger partial charge in [0.1, 0.15) is 11.9 Å². The Labute approximate surface area is 124 Å². The minimum atomic E-state index is -0.515. The molecule has 0 bridgehead atoms. The normalized spacial score (nSPS) is 23.9. The van der Waals surface area contributed by atoms with Gasteiger partial charge < -0.3 is 15.4 Å². The Morgan fingerprint density at radius 3 is 2.55 bits per heavy atom. The fraction of sp³-hybridized carbons (Fsp3) is 0.500. The number of nitrogens with zero attached hydrogens (tertiary/aromatic N) is 1. The molecule has 0 saturated carbocycles. The summed E-state index contributed by atoms with van der Waals surface area (Å²) in [7, 11) is 0. The van der Waals surface area contributed by atoms with Crippen LogP contribution in [0.4, 0.5) is 4.39 Å².